The molecule has 0 atom stereocenters. The first kappa shape index (κ1) is 20.2. The number of anilines is 1. The van der Waals surface area contributed by atoms with E-state index in [1.807, 2.05) is 11.8 Å². The van der Waals surface area contributed by atoms with Crippen LogP contribution >= 0.6 is 11.6 Å². The molecule has 3 rings (SSSR count). The molecule has 8 heteroatoms. The van der Waals surface area contributed by atoms with Crippen LogP contribution in [0.3, 0.4) is 0 Å². The van der Waals surface area contributed by atoms with Crippen LogP contribution in [0, 0.1) is 19.8 Å². The van der Waals surface area contributed by atoms with Crippen LogP contribution in [0.5, 0.6) is 0 Å². The molecule has 150 valence electrons. The van der Waals surface area contributed by atoms with E-state index in [-0.39, 0.29) is 12.5 Å². The van der Waals surface area contributed by atoms with Gasteiger partial charge in [-0.25, -0.2) is 9.78 Å². The quantitative estimate of drug-likeness (QED) is 0.801. The molecule has 28 heavy (non-hydrogen) atoms. The molecule has 1 aromatic heterocycles. The lowest BCUT2D eigenvalue weighted by Gasteiger charge is -2.29. The molecule has 3 amide bonds. The zero-order valence-corrected chi connectivity index (χ0v) is 17.1. The van der Waals surface area contributed by atoms with Crippen LogP contribution in [0.2, 0.25) is 5.02 Å². The molecule has 2 aromatic rings. The predicted octanol–water partition coefficient (Wildman–Crippen LogP) is 4.14. The van der Waals surface area contributed by atoms with Gasteiger partial charge in [-0.2, -0.15) is 0 Å². The van der Waals surface area contributed by atoms with Gasteiger partial charge in [-0.3, -0.25) is 4.79 Å². The smallest absolute Gasteiger partial charge is 0.319 e. The first-order chi connectivity index (χ1) is 13.3. The van der Waals surface area contributed by atoms with Gasteiger partial charge >= 0.3 is 6.03 Å². The number of oxazole rings is 1. The van der Waals surface area contributed by atoms with E-state index in [0.29, 0.717) is 34.0 Å². The fraction of sp³-hybridized carbons (Fsp3) is 0.450. The number of urea groups is 1. The Morgan fingerprint density at radius 1 is 1.29 bits per heavy atom. The highest BCUT2D eigenvalue weighted by molar-refractivity contribution is 6.31. The molecule has 1 aliphatic heterocycles. The number of piperidine rings is 1. The molecule has 1 fully saturated rings. The van der Waals surface area contributed by atoms with E-state index in [0.717, 1.165) is 31.5 Å². The molecular formula is C20H25ClN4O3. The van der Waals surface area contributed by atoms with Crippen LogP contribution in [0.15, 0.2) is 22.6 Å². The van der Waals surface area contributed by atoms with Crippen molar-refractivity contribution in [1.29, 1.82) is 0 Å². The third-order valence-electron chi connectivity index (χ3n) is 5.03. The Balaban J connectivity index is 1.58. The normalized spacial score (nSPS) is 14.8. The highest BCUT2D eigenvalue weighted by Gasteiger charge is 2.26. The summed E-state index contributed by atoms with van der Waals surface area (Å²) in [7, 11) is 0. The monoisotopic (exact) mass is 404 g/mol. The van der Waals surface area contributed by atoms with Crippen LogP contribution < -0.4 is 10.6 Å². The first-order valence-corrected chi connectivity index (χ1v) is 9.78. The fourth-order valence-electron chi connectivity index (χ4n) is 3.15. The summed E-state index contributed by atoms with van der Waals surface area (Å²) in [6, 6.07) is 4.89. The van der Waals surface area contributed by atoms with Crippen LogP contribution in [0.4, 0.5) is 10.5 Å². The lowest BCUT2D eigenvalue weighted by Crippen LogP contribution is -2.38. The summed E-state index contributed by atoms with van der Waals surface area (Å²) in [5.74, 6) is 1.29. The summed E-state index contributed by atoms with van der Waals surface area (Å²) < 4.78 is 5.57. The Morgan fingerprint density at radius 3 is 2.71 bits per heavy atom. The molecule has 7 nitrogen and oxygen atoms in total. The highest BCUT2D eigenvalue weighted by atomic mass is 35.5. The summed E-state index contributed by atoms with van der Waals surface area (Å²) in [5, 5.41) is 6.01. The Morgan fingerprint density at radius 2 is 2.00 bits per heavy atom. The third-order valence-corrected chi connectivity index (χ3v) is 5.44. The van der Waals surface area contributed by atoms with Gasteiger partial charge in [0, 0.05) is 23.8 Å². The van der Waals surface area contributed by atoms with Crippen molar-refractivity contribution in [1.82, 2.24) is 15.2 Å². The molecule has 0 unspecified atom stereocenters. The zero-order valence-electron chi connectivity index (χ0n) is 16.3. The number of hydrogen-bond donors (Lipinski definition) is 2. The second kappa shape index (κ2) is 8.65. The van der Waals surface area contributed by atoms with Crippen LogP contribution in [-0.4, -0.2) is 34.9 Å². The topological polar surface area (TPSA) is 87.5 Å². The number of rotatable bonds is 4. The molecule has 0 aliphatic carbocycles. The molecule has 0 bridgehead atoms. The number of aromatic nitrogens is 1. The molecule has 1 aromatic carbocycles. The van der Waals surface area contributed by atoms with E-state index < -0.39 is 6.03 Å². The largest absolute Gasteiger partial charge is 0.443 e. The Labute approximate surface area is 169 Å². The Bertz CT molecular complexity index is 872. The van der Waals surface area contributed by atoms with Crippen LogP contribution in [0.1, 0.15) is 47.5 Å². The van der Waals surface area contributed by atoms with Crippen molar-refractivity contribution in [3.8, 4) is 0 Å². The highest BCUT2D eigenvalue weighted by Crippen LogP contribution is 2.23. The van der Waals surface area contributed by atoms with Crippen LogP contribution in [0.25, 0.3) is 0 Å². The van der Waals surface area contributed by atoms with Crippen molar-refractivity contribution in [2.45, 2.75) is 40.2 Å². The van der Waals surface area contributed by atoms with Crippen molar-refractivity contribution in [3.05, 3.63) is 46.1 Å². The van der Waals surface area contributed by atoms with E-state index in [4.69, 9.17) is 16.0 Å². The summed E-state index contributed by atoms with van der Waals surface area (Å²) >= 11 is 6.06. The summed E-state index contributed by atoms with van der Waals surface area (Å²) in [4.78, 5) is 30.9. The lowest BCUT2D eigenvalue weighted by molar-refractivity contribution is 0.0690. The fourth-order valence-corrected chi connectivity index (χ4v) is 3.33. The number of hydrogen-bond acceptors (Lipinski definition) is 4. The minimum absolute atomic E-state index is 0.0800. The molecule has 1 saturated heterocycles. The number of amides is 3. The number of carbonyl (C=O) groups excluding carboxylic acids is 2. The van der Waals surface area contributed by atoms with E-state index in [1.165, 1.54) is 0 Å². The predicted molar refractivity (Wildman–Crippen MR) is 108 cm³/mol. The van der Waals surface area contributed by atoms with Crippen molar-refractivity contribution in [2.75, 3.05) is 18.4 Å². The van der Waals surface area contributed by atoms with E-state index in [2.05, 4.69) is 22.5 Å². The lowest BCUT2D eigenvalue weighted by atomic mass is 9.99. The maximum Gasteiger partial charge on any atom is 0.319 e. The van der Waals surface area contributed by atoms with Crippen molar-refractivity contribution >= 4 is 29.2 Å². The molecule has 2 heterocycles. The summed E-state index contributed by atoms with van der Waals surface area (Å²) in [6.45, 7) is 7.29. The van der Waals surface area contributed by atoms with Gasteiger partial charge < -0.3 is 20.0 Å². The number of likely N-dealkylation sites (tertiary alicyclic amines) is 1. The number of aryl methyl sites for hydroxylation is 1. The Kier molecular flexibility index (Phi) is 6.24. The zero-order chi connectivity index (χ0) is 20.3. The molecule has 0 saturated carbocycles. The van der Waals surface area contributed by atoms with Gasteiger partial charge in [0.1, 0.15) is 5.76 Å². The van der Waals surface area contributed by atoms with E-state index >= 15 is 0 Å². The van der Waals surface area contributed by atoms with Gasteiger partial charge in [-0.1, -0.05) is 24.6 Å². The van der Waals surface area contributed by atoms with Gasteiger partial charge in [0.2, 0.25) is 5.89 Å². The van der Waals surface area contributed by atoms with Crippen molar-refractivity contribution in [2.24, 2.45) is 5.92 Å². The van der Waals surface area contributed by atoms with Gasteiger partial charge in [-0.05, 0) is 50.3 Å². The molecule has 0 spiro atoms. The van der Waals surface area contributed by atoms with E-state index in [1.54, 1.807) is 25.1 Å². The van der Waals surface area contributed by atoms with Crippen molar-refractivity contribution < 1.29 is 14.0 Å². The molecule has 0 radical (unpaired) electrons. The number of nitrogens with one attached hydrogen (secondary N) is 2. The average Bonchev–Trinajstić information content (AvgIpc) is 3.04. The second-order valence-corrected chi connectivity index (χ2v) is 7.61. The minimum atomic E-state index is -0.404. The maximum absolute atomic E-state index is 12.7. The van der Waals surface area contributed by atoms with E-state index in [9.17, 15) is 9.59 Å². The number of benzene rings is 1. The number of halogens is 1. The second-order valence-electron chi connectivity index (χ2n) is 7.21. The van der Waals surface area contributed by atoms with Crippen molar-refractivity contribution in [3.63, 3.8) is 0 Å². The molecular weight excluding hydrogens is 380 g/mol. The maximum atomic E-state index is 12.7. The molecule has 2 N–H and O–H groups in total. The minimum Gasteiger partial charge on any atom is -0.443 e. The third kappa shape index (κ3) is 4.65. The standard InChI is InChI=1S/C20H25ClN4O3/c1-12-7-9-25(10-8-12)19(26)18-14(3)28-17(24-18)11-22-20(27)23-16-6-4-5-15(21)13(16)2/h4-6,12H,7-11H2,1-3H3,(H2,22,23,27). The summed E-state index contributed by atoms with van der Waals surface area (Å²) in [5.41, 5.74) is 1.73. The van der Waals surface area contributed by atoms with Gasteiger partial charge in [-0.15, -0.1) is 0 Å². The van der Waals surface area contributed by atoms with Gasteiger partial charge in [0.25, 0.3) is 5.91 Å². The first-order valence-electron chi connectivity index (χ1n) is 9.40. The molecule has 1 aliphatic rings. The SMILES string of the molecule is Cc1oc(CNC(=O)Nc2cccc(Cl)c2C)nc1C(=O)N1CCC(C)CC1. The average molecular weight is 405 g/mol. The van der Waals surface area contributed by atoms with Gasteiger partial charge in [0.15, 0.2) is 5.69 Å². The van der Waals surface area contributed by atoms with Gasteiger partial charge in [0.05, 0.1) is 6.54 Å². The summed E-state index contributed by atoms with van der Waals surface area (Å²) in [6.07, 6.45) is 2.00. The number of nitrogens with zero attached hydrogens (tertiary/aromatic N) is 2. The number of carbonyl (C=O) groups is 2. The van der Waals surface area contributed by atoms with Crippen LogP contribution in [-0.2, 0) is 6.54 Å². The Hall–Kier alpha value is -2.54.